The Morgan fingerprint density at radius 1 is 0.306 bits per heavy atom. The predicted octanol–water partition coefficient (Wildman–Crippen LogP) is 18.1. The van der Waals surface area contributed by atoms with Crippen molar-refractivity contribution in [1.29, 1.82) is 0 Å². The number of hydrogen-bond donors (Lipinski definition) is 0. The van der Waals surface area contributed by atoms with Crippen LogP contribution in [0, 0.1) is 11.8 Å². The summed E-state index contributed by atoms with van der Waals surface area (Å²) in [6.07, 6.45) is 51.0. The minimum absolute atomic E-state index is 0.0630. The van der Waals surface area contributed by atoms with Crippen molar-refractivity contribution in [2.45, 2.75) is 317 Å². The first-order valence-electron chi connectivity index (χ1n) is 27.7. The Hall–Kier alpha value is -1.59. The van der Waals surface area contributed by atoms with Gasteiger partial charge in [-0.1, -0.05) is 272 Å². The van der Waals surface area contributed by atoms with Gasteiger partial charge in [0.15, 0.2) is 6.10 Å². The van der Waals surface area contributed by atoms with Gasteiger partial charge in [0.05, 0.1) is 0 Å². The number of carbonyl (C=O) groups excluding carboxylic acids is 3. The molecule has 1 atom stereocenters. The standard InChI is InChI=1S/C56H108O6/c1-6-7-8-9-10-24-31-36-41-46-54(57)60-49-53(50-61-55(58)47-42-37-32-27-22-18-15-14-17-21-26-30-35-40-45-52(4)5)62-56(59)48-43-38-33-28-23-19-13-11-12-16-20-25-29-34-39-44-51(2)3/h51-53H,6-50H2,1-5H3/t53-/m1/s1. The van der Waals surface area contributed by atoms with E-state index in [1.807, 2.05) is 0 Å². The molecule has 0 spiro atoms. The van der Waals surface area contributed by atoms with Gasteiger partial charge in [-0.25, -0.2) is 0 Å². The van der Waals surface area contributed by atoms with Gasteiger partial charge in [-0.3, -0.25) is 14.4 Å². The highest BCUT2D eigenvalue weighted by Gasteiger charge is 2.19. The van der Waals surface area contributed by atoms with Gasteiger partial charge in [0, 0.05) is 19.3 Å². The van der Waals surface area contributed by atoms with Crippen LogP contribution in [0.25, 0.3) is 0 Å². The Morgan fingerprint density at radius 2 is 0.532 bits per heavy atom. The van der Waals surface area contributed by atoms with E-state index in [4.69, 9.17) is 14.2 Å². The number of ether oxygens (including phenoxy) is 3. The van der Waals surface area contributed by atoms with Crippen molar-refractivity contribution >= 4 is 17.9 Å². The highest BCUT2D eigenvalue weighted by molar-refractivity contribution is 5.71. The van der Waals surface area contributed by atoms with Gasteiger partial charge in [-0.05, 0) is 31.1 Å². The lowest BCUT2D eigenvalue weighted by Crippen LogP contribution is -2.30. The van der Waals surface area contributed by atoms with Crippen LogP contribution in [-0.2, 0) is 28.6 Å². The molecule has 0 bridgehead atoms. The van der Waals surface area contributed by atoms with E-state index < -0.39 is 6.10 Å². The Morgan fingerprint density at radius 3 is 0.790 bits per heavy atom. The second-order valence-electron chi connectivity index (χ2n) is 20.2. The largest absolute Gasteiger partial charge is 0.462 e. The SMILES string of the molecule is CCCCCCCCCCCC(=O)OC[C@H](COC(=O)CCCCCCCCCCCCCCCCC(C)C)OC(=O)CCCCCCCCCCCCCCCCCC(C)C. The minimum Gasteiger partial charge on any atom is -0.462 e. The molecule has 6 heteroatoms. The first kappa shape index (κ1) is 60.4. The lowest BCUT2D eigenvalue weighted by atomic mass is 10.0. The molecule has 0 rings (SSSR count). The van der Waals surface area contributed by atoms with Crippen molar-refractivity contribution in [3.63, 3.8) is 0 Å². The molecule has 0 aliphatic carbocycles. The van der Waals surface area contributed by atoms with E-state index in [2.05, 4.69) is 34.6 Å². The van der Waals surface area contributed by atoms with Crippen molar-refractivity contribution < 1.29 is 28.6 Å². The molecular formula is C56H108O6. The molecule has 0 heterocycles. The van der Waals surface area contributed by atoms with Gasteiger partial charge in [0.25, 0.3) is 0 Å². The smallest absolute Gasteiger partial charge is 0.306 e. The molecule has 0 radical (unpaired) electrons. The first-order chi connectivity index (χ1) is 30.2. The summed E-state index contributed by atoms with van der Waals surface area (Å²) in [5, 5.41) is 0. The number of rotatable bonds is 50. The molecule has 0 N–H and O–H groups in total. The van der Waals surface area contributed by atoms with E-state index >= 15 is 0 Å². The Balaban J connectivity index is 4.23. The third kappa shape index (κ3) is 49.4. The molecule has 0 saturated carbocycles. The Kier molecular flexibility index (Phi) is 47.6. The summed E-state index contributed by atoms with van der Waals surface area (Å²) >= 11 is 0. The van der Waals surface area contributed by atoms with Crippen LogP contribution in [0.1, 0.15) is 311 Å². The van der Waals surface area contributed by atoms with E-state index in [1.165, 1.54) is 199 Å². The molecule has 62 heavy (non-hydrogen) atoms. The van der Waals surface area contributed by atoms with Crippen molar-refractivity contribution in [3.8, 4) is 0 Å². The van der Waals surface area contributed by atoms with Crippen LogP contribution in [0.15, 0.2) is 0 Å². The molecular weight excluding hydrogens is 769 g/mol. The number of esters is 3. The molecule has 0 aromatic heterocycles. The van der Waals surface area contributed by atoms with E-state index in [-0.39, 0.29) is 31.1 Å². The molecule has 0 aliphatic heterocycles. The van der Waals surface area contributed by atoms with Crippen LogP contribution >= 0.6 is 0 Å². The monoisotopic (exact) mass is 877 g/mol. The summed E-state index contributed by atoms with van der Waals surface area (Å²) in [6.45, 7) is 11.4. The molecule has 0 aromatic rings. The maximum Gasteiger partial charge on any atom is 0.306 e. The molecule has 368 valence electrons. The highest BCUT2D eigenvalue weighted by atomic mass is 16.6. The van der Waals surface area contributed by atoms with Crippen molar-refractivity contribution in [3.05, 3.63) is 0 Å². The second-order valence-corrected chi connectivity index (χ2v) is 20.2. The normalized spacial score (nSPS) is 12.0. The van der Waals surface area contributed by atoms with Crippen LogP contribution in [0.4, 0.5) is 0 Å². The third-order valence-electron chi connectivity index (χ3n) is 12.7. The molecule has 0 saturated heterocycles. The van der Waals surface area contributed by atoms with E-state index in [0.717, 1.165) is 69.6 Å². The zero-order chi connectivity index (χ0) is 45.4. The van der Waals surface area contributed by atoms with Gasteiger partial charge in [0.1, 0.15) is 13.2 Å². The van der Waals surface area contributed by atoms with Gasteiger partial charge < -0.3 is 14.2 Å². The number of hydrogen-bond acceptors (Lipinski definition) is 6. The fourth-order valence-corrected chi connectivity index (χ4v) is 8.52. The summed E-state index contributed by atoms with van der Waals surface area (Å²) in [5.74, 6) is 0.848. The maximum atomic E-state index is 12.8. The summed E-state index contributed by atoms with van der Waals surface area (Å²) in [5.41, 5.74) is 0. The van der Waals surface area contributed by atoms with Gasteiger partial charge in [-0.2, -0.15) is 0 Å². The summed E-state index contributed by atoms with van der Waals surface area (Å²) in [6, 6.07) is 0. The molecule has 0 aliphatic rings. The fraction of sp³-hybridized carbons (Fsp3) is 0.946. The molecule has 0 unspecified atom stereocenters. The van der Waals surface area contributed by atoms with Crippen LogP contribution in [0.5, 0.6) is 0 Å². The molecule has 6 nitrogen and oxygen atoms in total. The highest BCUT2D eigenvalue weighted by Crippen LogP contribution is 2.18. The summed E-state index contributed by atoms with van der Waals surface area (Å²) < 4.78 is 16.8. The zero-order valence-electron chi connectivity index (χ0n) is 42.5. The summed E-state index contributed by atoms with van der Waals surface area (Å²) in [7, 11) is 0. The van der Waals surface area contributed by atoms with Crippen LogP contribution < -0.4 is 0 Å². The quantitative estimate of drug-likeness (QED) is 0.0344. The van der Waals surface area contributed by atoms with E-state index in [0.29, 0.717) is 19.3 Å². The van der Waals surface area contributed by atoms with Gasteiger partial charge in [-0.15, -0.1) is 0 Å². The topological polar surface area (TPSA) is 78.9 Å². The predicted molar refractivity (Wildman–Crippen MR) is 266 cm³/mol. The van der Waals surface area contributed by atoms with Crippen molar-refractivity contribution in [2.24, 2.45) is 11.8 Å². The van der Waals surface area contributed by atoms with Gasteiger partial charge >= 0.3 is 17.9 Å². The number of unbranched alkanes of at least 4 members (excludes halogenated alkanes) is 35. The Labute approximate surface area is 387 Å². The second kappa shape index (κ2) is 48.9. The average Bonchev–Trinajstić information content (AvgIpc) is 3.24. The van der Waals surface area contributed by atoms with Crippen LogP contribution in [-0.4, -0.2) is 37.2 Å². The van der Waals surface area contributed by atoms with Crippen LogP contribution in [0.3, 0.4) is 0 Å². The van der Waals surface area contributed by atoms with E-state index in [1.54, 1.807) is 0 Å². The molecule has 0 fully saturated rings. The lowest BCUT2D eigenvalue weighted by Gasteiger charge is -2.18. The number of carbonyl (C=O) groups is 3. The third-order valence-corrected chi connectivity index (χ3v) is 12.7. The van der Waals surface area contributed by atoms with Crippen LogP contribution in [0.2, 0.25) is 0 Å². The fourth-order valence-electron chi connectivity index (χ4n) is 8.52. The lowest BCUT2D eigenvalue weighted by molar-refractivity contribution is -0.167. The Bertz CT molecular complexity index is 947. The summed E-state index contributed by atoms with van der Waals surface area (Å²) in [4.78, 5) is 38.0. The molecule has 0 amide bonds. The van der Waals surface area contributed by atoms with E-state index in [9.17, 15) is 14.4 Å². The van der Waals surface area contributed by atoms with Crippen molar-refractivity contribution in [2.75, 3.05) is 13.2 Å². The zero-order valence-corrected chi connectivity index (χ0v) is 42.5. The molecule has 0 aromatic carbocycles. The van der Waals surface area contributed by atoms with Crippen molar-refractivity contribution in [1.82, 2.24) is 0 Å². The first-order valence-corrected chi connectivity index (χ1v) is 27.7. The minimum atomic E-state index is -0.761. The van der Waals surface area contributed by atoms with Gasteiger partial charge in [0.2, 0.25) is 0 Å². The maximum absolute atomic E-state index is 12.8. The average molecular weight is 877 g/mol.